The van der Waals surface area contributed by atoms with E-state index in [4.69, 9.17) is 26.2 Å². The molecule has 2 aromatic rings. The number of hydrogen-bond donors (Lipinski definition) is 1. The highest BCUT2D eigenvalue weighted by Gasteiger charge is 2.10. The molecule has 0 bridgehead atoms. The Morgan fingerprint density at radius 3 is 2.45 bits per heavy atom. The smallest absolute Gasteiger partial charge is 0.163 e. The Morgan fingerprint density at radius 1 is 1.15 bits per heavy atom. The number of aliphatic hydroxyl groups excluding tert-OH is 1. The highest BCUT2D eigenvalue weighted by atomic mass is 35.5. The lowest BCUT2D eigenvalue weighted by Crippen LogP contribution is -1.99. The number of ether oxygens (including phenoxy) is 2. The highest BCUT2D eigenvalue weighted by molar-refractivity contribution is 6.31. The van der Waals surface area contributed by atoms with Gasteiger partial charge in [-0.05, 0) is 29.3 Å². The van der Waals surface area contributed by atoms with Crippen LogP contribution in [0.5, 0.6) is 11.5 Å². The average Bonchev–Trinajstić information content (AvgIpc) is 2.46. The number of aliphatic hydroxyl groups is 1. The monoisotopic (exact) mass is 296 g/mol. The van der Waals surface area contributed by atoms with Gasteiger partial charge in [0.15, 0.2) is 11.5 Å². The maximum Gasteiger partial charge on any atom is 0.163 e. The molecule has 0 amide bonds. The molecule has 2 aromatic carbocycles. The molecule has 0 saturated heterocycles. The van der Waals surface area contributed by atoms with E-state index in [1.807, 2.05) is 0 Å². The third-order valence-electron chi connectivity index (χ3n) is 2.81. The quantitative estimate of drug-likeness (QED) is 0.917. The SMILES string of the molecule is COc1cc(CO)c(Cl)cc1OCc1ccc(F)cc1. The van der Waals surface area contributed by atoms with Gasteiger partial charge in [0.05, 0.1) is 18.7 Å². The fraction of sp³-hybridized carbons (Fsp3) is 0.200. The molecular formula is C15H14ClFO3. The summed E-state index contributed by atoms with van der Waals surface area (Å²) in [5, 5.41) is 9.55. The summed E-state index contributed by atoms with van der Waals surface area (Å²) in [5.74, 6) is 0.668. The van der Waals surface area contributed by atoms with Crippen LogP contribution in [-0.4, -0.2) is 12.2 Å². The van der Waals surface area contributed by atoms with Crippen molar-refractivity contribution in [3.8, 4) is 11.5 Å². The summed E-state index contributed by atoms with van der Waals surface area (Å²) < 4.78 is 23.6. The summed E-state index contributed by atoms with van der Waals surface area (Å²) in [5.41, 5.74) is 1.40. The fourth-order valence-electron chi connectivity index (χ4n) is 1.71. The van der Waals surface area contributed by atoms with Gasteiger partial charge in [-0.15, -0.1) is 0 Å². The van der Waals surface area contributed by atoms with Gasteiger partial charge in [0.2, 0.25) is 0 Å². The van der Waals surface area contributed by atoms with Gasteiger partial charge in [0.25, 0.3) is 0 Å². The first kappa shape index (κ1) is 14.6. The van der Waals surface area contributed by atoms with Gasteiger partial charge in [-0.1, -0.05) is 23.7 Å². The fourth-order valence-corrected chi connectivity index (χ4v) is 1.93. The van der Waals surface area contributed by atoms with E-state index in [-0.39, 0.29) is 19.0 Å². The van der Waals surface area contributed by atoms with Crippen molar-refractivity contribution in [3.63, 3.8) is 0 Å². The molecular weight excluding hydrogens is 283 g/mol. The Balaban J connectivity index is 2.16. The van der Waals surface area contributed by atoms with E-state index in [2.05, 4.69) is 0 Å². The van der Waals surface area contributed by atoms with Crippen molar-refractivity contribution in [1.82, 2.24) is 0 Å². The van der Waals surface area contributed by atoms with Crippen LogP contribution in [0.4, 0.5) is 4.39 Å². The number of hydrogen-bond acceptors (Lipinski definition) is 3. The van der Waals surface area contributed by atoms with Crippen LogP contribution in [0.1, 0.15) is 11.1 Å². The number of halogens is 2. The minimum Gasteiger partial charge on any atom is -0.493 e. The van der Waals surface area contributed by atoms with E-state index in [1.54, 1.807) is 24.3 Å². The molecule has 0 aromatic heterocycles. The molecule has 0 atom stereocenters. The summed E-state index contributed by atoms with van der Waals surface area (Å²) in [6, 6.07) is 9.25. The summed E-state index contributed by atoms with van der Waals surface area (Å²) in [7, 11) is 1.51. The second-order valence-electron chi connectivity index (χ2n) is 4.17. The standard InChI is InChI=1S/C15H14ClFO3/c1-19-14-6-11(8-18)13(16)7-15(14)20-9-10-2-4-12(17)5-3-10/h2-7,18H,8-9H2,1H3. The van der Waals surface area contributed by atoms with Crippen LogP contribution in [0.3, 0.4) is 0 Å². The van der Waals surface area contributed by atoms with Crippen LogP contribution in [0.2, 0.25) is 5.02 Å². The molecule has 5 heteroatoms. The van der Waals surface area contributed by atoms with Gasteiger partial charge in [-0.2, -0.15) is 0 Å². The van der Waals surface area contributed by atoms with E-state index < -0.39 is 0 Å². The van der Waals surface area contributed by atoms with E-state index in [0.717, 1.165) is 5.56 Å². The number of methoxy groups -OCH3 is 1. The zero-order valence-electron chi connectivity index (χ0n) is 10.9. The van der Waals surface area contributed by atoms with E-state index in [1.165, 1.54) is 19.2 Å². The molecule has 0 aliphatic carbocycles. The molecule has 0 unspecified atom stereocenters. The predicted molar refractivity (Wildman–Crippen MR) is 74.7 cm³/mol. The second kappa shape index (κ2) is 6.59. The van der Waals surface area contributed by atoms with Crippen molar-refractivity contribution in [1.29, 1.82) is 0 Å². The van der Waals surface area contributed by atoms with Gasteiger partial charge in [-0.3, -0.25) is 0 Å². The third-order valence-corrected chi connectivity index (χ3v) is 3.16. The van der Waals surface area contributed by atoms with Gasteiger partial charge in [0.1, 0.15) is 12.4 Å². The van der Waals surface area contributed by atoms with Crippen LogP contribution >= 0.6 is 11.6 Å². The molecule has 0 saturated carbocycles. The van der Waals surface area contributed by atoms with E-state index in [0.29, 0.717) is 22.1 Å². The normalized spacial score (nSPS) is 10.4. The zero-order valence-corrected chi connectivity index (χ0v) is 11.7. The first-order valence-electron chi connectivity index (χ1n) is 5.98. The number of benzene rings is 2. The lowest BCUT2D eigenvalue weighted by molar-refractivity contribution is 0.274. The minimum absolute atomic E-state index is 0.173. The van der Waals surface area contributed by atoms with Crippen LogP contribution in [0, 0.1) is 5.82 Å². The molecule has 0 fully saturated rings. The second-order valence-corrected chi connectivity index (χ2v) is 4.57. The minimum atomic E-state index is -0.290. The molecule has 0 aliphatic rings. The summed E-state index contributed by atoms with van der Waals surface area (Å²) >= 11 is 6.02. The van der Waals surface area contributed by atoms with Crippen molar-refractivity contribution in [2.75, 3.05) is 7.11 Å². The van der Waals surface area contributed by atoms with Crippen molar-refractivity contribution in [3.05, 3.63) is 58.4 Å². The third kappa shape index (κ3) is 3.40. The Kier molecular flexibility index (Phi) is 4.82. The largest absolute Gasteiger partial charge is 0.493 e. The molecule has 0 aliphatic heterocycles. The maximum atomic E-state index is 12.8. The van der Waals surface area contributed by atoms with Crippen LogP contribution in [0.25, 0.3) is 0 Å². The molecule has 106 valence electrons. The molecule has 3 nitrogen and oxygen atoms in total. The highest BCUT2D eigenvalue weighted by Crippen LogP contribution is 2.33. The van der Waals surface area contributed by atoms with Gasteiger partial charge >= 0.3 is 0 Å². The number of rotatable bonds is 5. The van der Waals surface area contributed by atoms with Gasteiger partial charge in [0, 0.05) is 6.07 Å². The Labute approximate surface area is 121 Å². The Hall–Kier alpha value is -1.78. The van der Waals surface area contributed by atoms with Crippen molar-refractivity contribution >= 4 is 11.6 Å². The Bertz CT molecular complexity index is 584. The summed E-state index contributed by atoms with van der Waals surface area (Å²) in [4.78, 5) is 0. The first-order chi connectivity index (χ1) is 9.63. The molecule has 0 spiro atoms. The summed E-state index contributed by atoms with van der Waals surface area (Å²) in [6.07, 6.45) is 0. The topological polar surface area (TPSA) is 38.7 Å². The predicted octanol–water partition coefficient (Wildman–Crippen LogP) is 3.56. The average molecular weight is 297 g/mol. The molecule has 0 radical (unpaired) electrons. The molecule has 1 N–H and O–H groups in total. The summed E-state index contributed by atoms with van der Waals surface area (Å²) in [6.45, 7) is 0.0961. The van der Waals surface area contributed by atoms with Gasteiger partial charge in [-0.25, -0.2) is 4.39 Å². The van der Waals surface area contributed by atoms with Crippen molar-refractivity contribution < 1.29 is 19.0 Å². The molecule has 20 heavy (non-hydrogen) atoms. The van der Waals surface area contributed by atoms with E-state index >= 15 is 0 Å². The first-order valence-corrected chi connectivity index (χ1v) is 6.36. The van der Waals surface area contributed by atoms with Crippen LogP contribution in [-0.2, 0) is 13.2 Å². The maximum absolute atomic E-state index is 12.8. The lowest BCUT2D eigenvalue weighted by Gasteiger charge is -2.13. The Morgan fingerprint density at radius 2 is 1.85 bits per heavy atom. The molecule has 2 rings (SSSR count). The van der Waals surface area contributed by atoms with Crippen LogP contribution < -0.4 is 9.47 Å². The zero-order chi connectivity index (χ0) is 14.5. The van der Waals surface area contributed by atoms with E-state index in [9.17, 15) is 4.39 Å². The van der Waals surface area contributed by atoms with Crippen molar-refractivity contribution in [2.24, 2.45) is 0 Å². The van der Waals surface area contributed by atoms with Crippen LogP contribution in [0.15, 0.2) is 36.4 Å². The van der Waals surface area contributed by atoms with Crippen molar-refractivity contribution in [2.45, 2.75) is 13.2 Å². The van der Waals surface area contributed by atoms with Gasteiger partial charge < -0.3 is 14.6 Å². The molecule has 0 heterocycles. The lowest BCUT2D eigenvalue weighted by atomic mass is 10.2.